The van der Waals surface area contributed by atoms with Crippen LogP contribution < -0.4 is 4.74 Å². The zero-order chi connectivity index (χ0) is 13.4. The Hall–Kier alpha value is -2.03. The standard InChI is InChI=1S/C15H18O3/c1-4-10-17-14-7-5-13(6-8-14)15(16)18-11-9-12(2)3/h4-9H,1,10-11H2,2-3H3. The van der Waals surface area contributed by atoms with Crippen molar-refractivity contribution in [2.24, 2.45) is 0 Å². The van der Waals surface area contributed by atoms with Crippen molar-refractivity contribution in [3.8, 4) is 5.75 Å². The monoisotopic (exact) mass is 246 g/mol. The number of esters is 1. The second-order valence-electron chi connectivity index (χ2n) is 4.00. The predicted molar refractivity (Wildman–Crippen MR) is 71.8 cm³/mol. The molecule has 3 nitrogen and oxygen atoms in total. The Morgan fingerprint density at radius 2 is 1.89 bits per heavy atom. The van der Waals surface area contributed by atoms with Crippen LogP contribution in [-0.2, 0) is 4.74 Å². The number of rotatable bonds is 6. The van der Waals surface area contributed by atoms with Crippen LogP contribution in [0.15, 0.2) is 48.6 Å². The van der Waals surface area contributed by atoms with Gasteiger partial charge in [0.05, 0.1) is 5.56 Å². The summed E-state index contributed by atoms with van der Waals surface area (Å²) in [6.07, 6.45) is 3.53. The first-order chi connectivity index (χ1) is 8.63. The summed E-state index contributed by atoms with van der Waals surface area (Å²) in [5.74, 6) is 0.374. The zero-order valence-corrected chi connectivity index (χ0v) is 10.8. The molecule has 18 heavy (non-hydrogen) atoms. The first kappa shape index (κ1) is 14.0. The van der Waals surface area contributed by atoms with Gasteiger partial charge in [0, 0.05) is 0 Å². The van der Waals surface area contributed by atoms with Gasteiger partial charge in [-0.25, -0.2) is 4.79 Å². The Balaban J connectivity index is 2.53. The number of benzene rings is 1. The van der Waals surface area contributed by atoms with Gasteiger partial charge in [-0.1, -0.05) is 18.2 Å². The summed E-state index contributed by atoms with van der Waals surface area (Å²) in [4.78, 5) is 11.6. The Morgan fingerprint density at radius 3 is 2.44 bits per heavy atom. The third-order valence-corrected chi connectivity index (χ3v) is 2.16. The average Bonchev–Trinajstić information content (AvgIpc) is 2.36. The van der Waals surface area contributed by atoms with Gasteiger partial charge < -0.3 is 9.47 Å². The van der Waals surface area contributed by atoms with Gasteiger partial charge in [-0.3, -0.25) is 0 Å². The molecule has 0 unspecified atom stereocenters. The number of hydrogen-bond acceptors (Lipinski definition) is 3. The highest BCUT2D eigenvalue weighted by molar-refractivity contribution is 5.89. The van der Waals surface area contributed by atoms with Crippen molar-refractivity contribution >= 4 is 5.97 Å². The maximum atomic E-state index is 11.6. The summed E-state index contributed by atoms with van der Waals surface area (Å²) >= 11 is 0. The molecule has 0 saturated carbocycles. The van der Waals surface area contributed by atoms with Crippen molar-refractivity contribution < 1.29 is 14.3 Å². The topological polar surface area (TPSA) is 35.5 Å². The molecule has 0 atom stereocenters. The molecule has 0 aliphatic rings. The lowest BCUT2D eigenvalue weighted by atomic mass is 10.2. The minimum Gasteiger partial charge on any atom is -0.490 e. The molecular formula is C15H18O3. The molecule has 0 saturated heterocycles. The number of carbonyl (C=O) groups is 1. The first-order valence-corrected chi connectivity index (χ1v) is 5.77. The van der Waals surface area contributed by atoms with Gasteiger partial charge in [0.1, 0.15) is 19.0 Å². The smallest absolute Gasteiger partial charge is 0.338 e. The van der Waals surface area contributed by atoms with Gasteiger partial charge in [0.2, 0.25) is 0 Å². The van der Waals surface area contributed by atoms with Gasteiger partial charge in [-0.05, 0) is 44.2 Å². The van der Waals surface area contributed by atoms with Crippen molar-refractivity contribution in [3.63, 3.8) is 0 Å². The largest absolute Gasteiger partial charge is 0.490 e. The molecular weight excluding hydrogens is 228 g/mol. The van der Waals surface area contributed by atoms with E-state index in [-0.39, 0.29) is 5.97 Å². The second kappa shape index (κ2) is 7.33. The van der Waals surface area contributed by atoms with E-state index in [2.05, 4.69) is 6.58 Å². The molecule has 96 valence electrons. The molecule has 3 heteroatoms. The van der Waals surface area contributed by atoms with E-state index < -0.39 is 0 Å². The molecule has 1 aromatic rings. The fourth-order valence-electron chi connectivity index (χ4n) is 1.21. The lowest BCUT2D eigenvalue weighted by molar-refractivity contribution is 0.0549. The molecule has 1 rings (SSSR count). The van der Waals surface area contributed by atoms with Gasteiger partial charge in [0.15, 0.2) is 0 Å². The summed E-state index contributed by atoms with van der Waals surface area (Å²) in [6, 6.07) is 6.84. The van der Waals surface area contributed by atoms with Crippen LogP contribution in [0.3, 0.4) is 0 Å². The number of allylic oxidation sites excluding steroid dienone is 1. The minimum atomic E-state index is -0.331. The normalized spacial score (nSPS) is 9.44. The summed E-state index contributed by atoms with van der Waals surface area (Å²) in [6.45, 7) is 8.23. The lowest BCUT2D eigenvalue weighted by Gasteiger charge is -2.05. The molecule has 0 aliphatic heterocycles. The molecule has 0 aromatic heterocycles. The van der Waals surface area contributed by atoms with Crippen molar-refractivity contribution in [1.29, 1.82) is 0 Å². The molecule has 1 aromatic carbocycles. The quantitative estimate of drug-likeness (QED) is 0.570. The summed E-state index contributed by atoms with van der Waals surface area (Å²) in [5.41, 5.74) is 1.64. The molecule has 0 radical (unpaired) electrons. The molecule has 0 N–H and O–H groups in total. The van der Waals surface area contributed by atoms with Gasteiger partial charge >= 0.3 is 5.97 Å². The first-order valence-electron chi connectivity index (χ1n) is 5.77. The Kier molecular flexibility index (Phi) is 5.71. The highest BCUT2D eigenvalue weighted by atomic mass is 16.5. The summed E-state index contributed by atoms with van der Waals surface area (Å²) < 4.78 is 10.4. The van der Waals surface area contributed by atoms with Gasteiger partial charge in [-0.2, -0.15) is 0 Å². The van der Waals surface area contributed by atoms with Crippen LogP contribution in [0.2, 0.25) is 0 Å². The van der Waals surface area contributed by atoms with Crippen molar-refractivity contribution in [1.82, 2.24) is 0 Å². The number of carbonyl (C=O) groups excluding carboxylic acids is 1. The lowest BCUT2D eigenvalue weighted by Crippen LogP contribution is -2.05. The maximum Gasteiger partial charge on any atom is 0.338 e. The average molecular weight is 246 g/mol. The van der Waals surface area contributed by atoms with E-state index >= 15 is 0 Å². The second-order valence-corrected chi connectivity index (χ2v) is 4.00. The molecule has 0 aliphatic carbocycles. The SMILES string of the molecule is C=CCOc1ccc(C(=O)OCC=C(C)C)cc1. The Morgan fingerprint density at radius 1 is 1.22 bits per heavy atom. The minimum absolute atomic E-state index is 0.301. The van der Waals surface area contributed by atoms with Crippen LogP contribution in [0.25, 0.3) is 0 Å². The summed E-state index contributed by atoms with van der Waals surface area (Å²) in [5, 5.41) is 0. The van der Waals surface area contributed by atoms with Gasteiger partial charge in [0.25, 0.3) is 0 Å². The van der Waals surface area contributed by atoms with Crippen LogP contribution in [0, 0.1) is 0 Å². The van der Waals surface area contributed by atoms with E-state index in [0.29, 0.717) is 24.5 Å². The fraction of sp³-hybridized carbons (Fsp3) is 0.267. The highest BCUT2D eigenvalue weighted by Gasteiger charge is 2.05. The molecule has 0 spiro atoms. The van der Waals surface area contributed by atoms with Crippen LogP contribution >= 0.6 is 0 Å². The van der Waals surface area contributed by atoms with Crippen LogP contribution in [0.4, 0.5) is 0 Å². The van der Waals surface area contributed by atoms with E-state index in [1.807, 2.05) is 19.9 Å². The van der Waals surface area contributed by atoms with E-state index in [1.165, 1.54) is 0 Å². The van der Waals surface area contributed by atoms with Crippen LogP contribution in [-0.4, -0.2) is 19.2 Å². The predicted octanol–water partition coefficient (Wildman–Crippen LogP) is 3.37. The molecule has 0 heterocycles. The zero-order valence-electron chi connectivity index (χ0n) is 10.8. The fourth-order valence-corrected chi connectivity index (χ4v) is 1.21. The van der Waals surface area contributed by atoms with Crippen LogP contribution in [0.5, 0.6) is 5.75 Å². The maximum absolute atomic E-state index is 11.6. The van der Waals surface area contributed by atoms with E-state index in [9.17, 15) is 4.79 Å². The molecule has 0 fully saturated rings. The third kappa shape index (κ3) is 4.87. The van der Waals surface area contributed by atoms with Crippen molar-refractivity contribution in [3.05, 3.63) is 54.1 Å². The summed E-state index contributed by atoms with van der Waals surface area (Å²) in [7, 11) is 0. The van der Waals surface area contributed by atoms with E-state index in [1.54, 1.807) is 30.3 Å². The third-order valence-electron chi connectivity index (χ3n) is 2.16. The van der Waals surface area contributed by atoms with Crippen molar-refractivity contribution in [2.45, 2.75) is 13.8 Å². The molecule has 0 amide bonds. The van der Waals surface area contributed by atoms with E-state index in [0.717, 1.165) is 5.57 Å². The number of hydrogen-bond donors (Lipinski definition) is 0. The highest BCUT2D eigenvalue weighted by Crippen LogP contribution is 2.13. The molecule has 0 bridgehead atoms. The van der Waals surface area contributed by atoms with Crippen molar-refractivity contribution in [2.75, 3.05) is 13.2 Å². The number of ether oxygens (including phenoxy) is 2. The van der Waals surface area contributed by atoms with Gasteiger partial charge in [-0.15, -0.1) is 0 Å². The van der Waals surface area contributed by atoms with Crippen LogP contribution in [0.1, 0.15) is 24.2 Å². The van der Waals surface area contributed by atoms with E-state index in [4.69, 9.17) is 9.47 Å². The Bertz CT molecular complexity index is 426. The Labute approximate surface area is 108 Å².